The first-order valence-electron chi connectivity index (χ1n) is 6.64. The van der Waals surface area contributed by atoms with Crippen LogP contribution in [0.1, 0.15) is 18.4 Å². The summed E-state index contributed by atoms with van der Waals surface area (Å²) in [4.78, 5) is 22.8. The van der Waals surface area contributed by atoms with Gasteiger partial charge < -0.3 is 9.73 Å². The second kappa shape index (κ2) is 7.60. The summed E-state index contributed by atoms with van der Waals surface area (Å²) in [6.45, 7) is 1.66. The van der Waals surface area contributed by atoms with Crippen LogP contribution >= 0.6 is 11.8 Å². The Morgan fingerprint density at radius 1 is 1.27 bits per heavy atom. The van der Waals surface area contributed by atoms with E-state index in [4.69, 9.17) is 4.42 Å². The zero-order valence-electron chi connectivity index (χ0n) is 12.2. The zero-order valence-corrected chi connectivity index (χ0v) is 13.0. The summed E-state index contributed by atoms with van der Waals surface area (Å²) in [5.41, 5.74) is 1.06. The minimum Gasteiger partial charge on any atom is -0.416 e. The van der Waals surface area contributed by atoms with Crippen molar-refractivity contribution >= 4 is 23.7 Å². The van der Waals surface area contributed by atoms with Crippen molar-refractivity contribution in [2.45, 2.75) is 23.8 Å². The van der Waals surface area contributed by atoms with Crippen LogP contribution in [0.25, 0.3) is 0 Å². The topological polar surface area (TPSA) is 97.1 Å². The summed E-state index contributed by atoms with van der Waals surface area (Å²) in [5.74, 6) is 0.0553. The predicted molar refractivity (Wildman–Crippen MR) is 81.5 cm³/mol. The van der Waals surface area contributed by atoms with Gasteiger partial charge in [0.1, 0.15) is 0 Å². The minimum absolute atomic E-state index is 0.297. The van der Waals surface area contributed by atoms with Gasteiger partial charge in [-0.1, -0.05) is 42.1 Å². The Morgan fingerprint density at radius 3 is 2.68 bits per heavy atom. The molecule has 0 fully saturated rings. The molecule has 8 heteroatoms. The molecule has 2 rings (SSSR count). The second-order valence-electron chi connectivity index (χ2n) is 4.45. The van der Waals surface area contributed by atoms with Gasteiger partial charge in [0.15, 0.2) is 0 Å². The fourth-order valence-corrected chi connectivity index (χ4v) is 2.31. The number of benzene rings is 1. The summed E-state index contributed by atoms with van der Waals surface area (Å²) < 4.78 is 5.50. The van der Waals surface area contributed by atoms with Gasteiger partial charge in [-0.05, 0) is 12.5 Å². The van der Waals surface area contributed by atoms with Crippen LogP contribution in [-0.4, -0.2) is 34.4 Å². The van der Waals surface area contributed by atoms with Crippen LogP contribution in [0.3, 0.4) is 0 Å². The quantitative estimate of drug-likeness (QED) is 0.812. The van der Waals surface area contributed by atoms with Crippen molar-refractivity contribution in [3.05, 3.63) is 41.8 Å². The molecule has 0 unspecified atom stereocenters. The van der Waals surface area contributed by atoms with Crippen molar-refractivity contribution in [2.24, 2.45) is 0 Å². The van der Waals surface area contributed by atoms with Crippen LogP contribution in [-0.2, 0) is 11.2 Å². The summed E-state index contributed by atoms with van der Waals surface area (Å²) in [6.07, 6.45) is 0.535. The highest BCUT2D eigenvalue weighted by Crippen LogP contribution is 2.22. The number of carbonyl (C=O) groups excluding carboxylic acids is 2. The van der Waals surface area contributed by atoms with Crippen LogP contribution in [0.2, 0.25) is 0 Å². The highest BCUT2D eigenvalue weighted by atomic mass is 32.2. The number of amides is 3. The molecule has 2 N–H and O–H groups in total. The fraction of sp³-hybridized carbons (Fsp3) is 0.286. The third-order valence-electron chi connectivity index (χ3n) is 2.76. The van der Waals surface area contributed by atoms with Crippen molar-refractivity contribution in [1.29, 1.82) is 0 Å². The lowest BCUT2D eigenvalue weighted by atomic mass is 10.2. The maximum Gasteiger partial charge on any atom is 0.321 e. The molecule has 2 aromatic rings. The molecule has 0 saturated heterocycles. The van der Waals surface area contributed by atoms with E-state index in [1.807, 2.05) is 30.3 Å². The number of imide groups is 1. The standard InChI is InChI=1S/C14H16N4O3S/c1-9(12(19)16-13(20)15-2)22-14-18-17-11(21-14)8-10-6-4-3-5-7-10/h3-7,9H,8H2,1-2H3,(H2,15,16,19,20)/t9-/m0/s1. The van der Waals surface area contributed by atoms with Crippen molar-refractivity contribution in [3.63, 3.8) is 0 Å². The number of rotatable bonds is 5. The third kappa shape index (κ3) is 4.59. The van der Waals surface area contributed by atoms with Crippen molar-refractivity contribution in [1.82, 2.24) is 20.8 Å². The highest BCUT2D eigenvalue weighted by molar-refractivity contribution is 8.00. The lowest BCUT2D eigenvalue weighted by Gasteiger charge is -2.07. The molecule has 3 amide bonds. The number of nitrogens with zero attached hydrogens (tertiary/aromatic N) is 2. The van der Waals surface area contributed by atoms with E-state index in [0.29, 0.717) is 17.5 Å². The van der Waals surface area contributed by atoms with Gasteiger partial charge in [-0.15, -0.1) is 10.2 Å². The summed E-state index contributed by atoms with van der Waals surface area (Å²) in [7, 11) is 1.44. The van der Waals surface area contributed by atoms with E-state index in [9.17, 15) is 9.59 Å². The maximum absolute atomic E-state index is 11.7. The van der Waals surface area contributed by atoms with E-state index in [1.165, 1.54) is 7.05 Å². The molecule has 1 aromatic carbocycles. The molecule has 0 aliphatic rings. The van der Waals surface area contributed by atoms with Gasteiger partial charge in [-0.3, -0.25) is 10.1 Å². The first-order valence-corrected chi connectivity index (χ1v) is 7.52. The average molecular weight is 320 g/mol. The van der Waals surface area contributed by atoms with E-state index < -0.39 is 17.2 Å². The molecule has 1 atom stereocenters. The Labute approximate surface area is 131 Å². The lowest BCUT2D eigenvalue weighted by molar-refractivity contribution is -0.119. The summed E-state index contributed by atoms with van der Waals surface area (Å²) in [5, 5.41) is 12.1. The molecule has 0 aliphatic heterocycles. The predicted octanol–water partition coefficient (Wildman–Crippen LogP) is 1.60. The Morgan fingerprint density at radius 2 is 2.00 bits per heavy atom. The van der Waals surface area contributed by atoms with Crippen LogP contribution in [0, 0.1) is 0 Å². The third-order valence-corrected chi connectivity index (χ3v) is 3.69. The Hall–Kier alpha value is -2.35. The van der Waals surface area contributed by atoms with Gasteiger partial charge in [0, 0.05) is 7.05 Å². The largest absolute Gasteiger partial charge is 0.416 e. The molecule has 22 heavy (non-hydrogen) atoms. The molecule has 7 nitrogen and oxygen atoms in total. The molecule has 0 radical (unpaired) electrons. The molecule has 0 saturated carbocycles. The Kier molecular flexibility index (Phi) is 5.54. The van der Waals surface area contributed by atoms with Crippen LogP contribution < -0.4 is 10.6 Å². The number of nitrogens with one attached hydrogen (secondary N) is 2. The minimum atomic E-state index is -0.548. The van der Waals surface area contributed by atoms with Crippen LogP contribution in [0.15, 0.2) is 40.0 Å². The molecule has 0 aliphatic carbocycles. The summed E-state index contributed by atoms with van der Waals surface area (Å²) in [6, 6.07) is 9.20. The number of urea groups is 1. The molecule has 116 valence electrons. The molecular weight excluding hydrogens is 304 g/mol. The first-order chi connectivity index (χ1) is 10.6. The molecule has 1 heterocycles. The maximum atomic E-state index is 11.7. The van der Waals surface area contributed by atoms with E-state index in [-0.39, 0.29) is 0 Å². The lowest BCUT2D eigenvalue weighted by Crippen LogP contribution is -2.41. The second-order valence-corrected chi connectivity index (χ2v) is 5.74. The molecule has 0 bridgehead atoms. The smallest absolute Gasteiger partial charge is 0.321 e. The van der Waals surface area contributed by atoms with Crippen molar-refractivity contribution in [3.8, 4) is 0 Å². The highest BCUT2D eigenvalue weighted by Gasteiger charge is 2.19. The van der Waals surface area contributed by atoms with Crippen molar-refractivity contribution < 1.29 is 14.0 Å². The monoisotopic (exact) mass is 320 g/mol. The van der Waals surface area contributed by atoms with Gasteiger partial charge >= 0.3 is 6.03 Å². The van der Waals surface area contributed by atoms with Crippen molar-refractivity contribution in [2.75, 3.05) is 7.05 Å². The number of hydrogen-bond donors (Lipinski definition) is 2. The fourth-order valence-electron chi connectivity index (χ4n) is 1.61. The normalized spacial score (nSPS) is 11.7. The number of aromatic nitrogens is 2. The summed E-state index contributed by atoms with van der Waals surface area (Å²) >= 11 is 1.10. The van der Waals surface area contributed by atoms with Gasteiger partial charge in [0.2, 0.25) is 11.8 Å². The van der Waals surface area contributed by atoms with Gasteiger partial charge in [0.05, 0.1) is 11.7 Å². The van der Waals surface area contributed by atoms with E-state index in [2.05, 4.69) is 20.8 Å². The number of hydrogen-bond acceptors (Lipinski definition) is 6. The Bertz CT molecular complexity index is 645. The molecule has 0 spiro atoms. The van der Waals surface area contributed by atoms with Gasteiger partial charge in [0.25, 0.3) is 5.22 Å². The van der Waals surface area contributed by atoms with Gasteiger partial charge in [-0.25, -0.2) is 4.79 Å². The van der Waals surface area contributed by atoms with Gasteiger partial charge in [-0.2, -0.15) is 0 Å². The number of carbonyl (C=O) groups is 2. The van der Waals surface area contributed by atoms with E-state index in [1.54, 1.807) is 6.92 Å². The van der Waals surface area contributed by atoms with Crippen LogP contribution in [0.5, 0.6) is 0 Å². The zero-order chi connectivity index (χ0) is 15.9. The van der Waals surface area contributed by atoms with Crippen LogP contribution in [0.4, 0.5) is 4.79 Å². The van der Waals surface area contributed by atoms with E-state index >= 15 is 0 Å². The SMILES string of the molecule is CNC(=O)NC(=O)[C@H](C)Sc1nnc(Cc2ccccc2)o1. The van der Waals surface area contributed by atoms with E-state index in [0.717, 1.165) is 17.3 Å². The Balaban J connectivity index is 1.91. The molecule has 1 aromatic heterocycles. The number of thioether (sulfide) groups is 1. The first kappa shape index (κ1) is 16.0. The molecular formula is C14H16N4O3S. The average Bonchev–Trinajstić information content (AvgIpc) is 2.95.